The van der Waals surface area contributed by atoms with Gasteiger partial charge < -0.3 is 0 Å². The molecule has 0 radical (unpaired) electrons. The molecule has 0 bridgehead atoms. The van der Waals surface area contributed by atoms with E-state index in [1.54, 1.807) is 24.5 Å². The highest BCUT2D eigenvalue weighted by Gasteiger charge is 2.25. The molecule has 4 aromatic rings. The highest BCUT2D eigenvalue weighted by atomic mass is 32.2. The standard InChI is InChI=1S/C26H27FN4O3S2/c1-3-5-15-30(4-2)36(33,34)22-11-8-20(9-12-22)25(32)31(18-19-7-6-14-28-17-19)26-29-23-13-10-21(27)16-24(23)35-26/h6-14,16-17H,3-5,15,18H2,1-2H3. The van der Waals surface area contributed by atoms with Gasteiger partial charge in [-0.15, -0.1) is 0 Å². The average molecular weight is 527 g/mol. The van der Waals surface area contributed by atoms with E-state index in [1.807, 2.05) is 19.9 Å². The monoisotopic (exact) mass is 526 g/mol. The number of nitrogens with zero attached hydrogens (tertiary/aromatic N) is 4. The summed E-state index contributed by atoms with van der Waals surface area (Å²) in [5.41, 5.74) is 1.71. The first-order valence-corrected chi connectivity index (χ1v) is 14.0. The van der Waals surface area contributed by atoms with Gasteiger partial charge in [0, 0.05) is 31.0 Å². The molecule has 0 aliphatic carbocycles. The summed E-state index contributed by atoms with van der Waals surface area (Å²) in [5.74, 6) is -0.722. The summed E-state index contributed by atoms with van der Waals surface area (Å²) in [7, 11) is -3.65. The molecule has 7 nitrogen and oxygen atoms in total. The van der Waals surface area contributed by atoms with E-state index in [2.05, 4.69) is 9.97 Å². The Balaban J connectivity index is 1.66. The number of benzene rings is 2. The highest BCUT2D eigenvalue weighted by molar-refractivity contribution is 7.89. The summed E-state index contributed by atoms with van der Waals surface area (Å²) < 4.78 is 41.9. The topological polar surface area (TPSA) is 83.5 Å². The summed E-state index contributed by atoms with van der Waals surface area (Å²) >= 11 is 1.21. The third-order valence-electron chi connectivity index (χ3n) is 5.73. The van der Waals surface area contributed by atoms with Gasteiger partial charge in [0.25, 0.3) is 5.91 Å². The molecule has 2 heterocycles. The minimum absolute atomic E-state index is 0.145. The molecule has 4 rings (SSSR count). The molecule has 10 heteroatoms. The van der Waals surface area contributed by atoms with Crippen molar-refractivity contribution in [1.29, 1.82) is 0 Å². The Hall–Kier alpha value is -3.21. The molecule has 36 heavy (non-hydrogen) atoms. The van der Waals surface area contributed by atoms with Crippen LogP contribution in [-0.2, 0) is 16.6 Å². The average Bonchev–Trinajstić information content (AvgIpc) is 3.31. The number of anilines is 1. The molecule has 0 fully saturated rings. The van der Waals surface area contributed by atoms with Crippen LogP contribution in [0.5, 0.6) is 0 Å². The van der Waals surface area contributed by atoms with Gasteiger partial charge in [-0.05, 0) is 60.5 Å². The van der Waals surface area contributed by atoms with Gasteiger partial charge >= 0.3 is 0 Å². The van der Waals surface area contributed by atoms with Crippen LogP contribution in [0, 0.1) is 5.82 Å². The molecule has 0 atom stereocenters. The summed E-state index contributed by atoms with van der Waals surface area (Å²) in [4.78, 5) is 23.9. The third kappa shape index (κ3) is 5.61. The molecule has 0 aliphatic rings. The number of carbonyl (C=O) groups excluding carboxylic acids is 1. The molecule has 2 aromatic carbocycles. The predicted octanol–water partition coefficient (Wildman–Crippen LogP) is 5.49. The number of hydrogen-bond donors (Lipinski definition) is 0. The Morgan fingerprint density at radius 1 is 1.08 bits per heavy atom. The van der Waals surface area contributed by atoms with Gasteiger partial charge in [-0.3, -0.25) is 14.7 Å². The second-order valence-electron chi connectivity index (χ2n) is 8.24. The van der Waals surface area contributed by atoms with Crippen molar-refractivity contribution in [2.75, 3.05) is 18.0 Å². The normalized spacial score (nSPS) is 11.8. The summed E-state index contributed by atoms with van der Waals surface area (Å²) in [5, 5.41) is 0.415. The molecule has 188 valence electrons. The Morgan fingerprint density at radius 3 is 2.53 bits per heavy atom. The minimum Gasteiger partial charge on any atom is -0.279 e. The van der Waals surface area contributed by atoms with E-state index in [0.717, 1.165) is 18.4 Å². The van der Waals surface area contributed by atoms with Crippen LogP contribution in [0.1, 0.15) is 42.6 Å². The van der Waals surface area contributed by atoms with Gasteiger partial charge in [-0.2, -0.15) is 4.31 Å². The lowest BCUT2D eigenvalue weighted by Gasteiger charge is -2.21. The van der Waals surface area contributed by atoms with Crippen molar-refractivity contribution in [3.63, 3.8) is 0 Å². The smallest absolute Gasteiger partial charge is 0.260 e. The van der Waals surface area contributed by atoms with Crippen molar-refractivity contribution in [2.24, 2.45) is 0 Å². The maximum absolute atomic E-state index is 13.7. The minimum atomic E-state index is -3.65. The zero-order valence-corrected chi connectivity index (χ0v) is 21.7. The maximum Gasteiger partial charge on any atom is 0.260 e. The molecule has 0 aliphatic heterocycles. The number of rotatable bonds is 10. The number of aromatic nitrogens is 2. The Bertz CT molecular complexity index is 1440. The van der Waals surface area contributed by atoms with Gasteiger partial charge in [0.05, 0.1) is 21.7 Å². The van der Waals surface area contributed by atoms with E-state index in [9.17, 15) is 17.6 Å². The SMILES string of the molecule is CCCCN(CC)S(=O)(=O)c1ccc(C(=O)N(Cc2cccnc2)c2nc3ccc(F)cc3s2)cc1. The van der Waals surface area contributed by atoms with Gasteiger partial charge in [0.15, 0.2) is 5.13 Å². The molecule has 0 saturated carbocycles. The van der Waals surface area contributed by atoms with Crippen molar-refractivity contribution in [3.05, 3.63) is 83.9 Å². The molecule has 1 amide bonds. The maximum atomic E-state index is 13.7. The second kappa shape index (κ2) is 11.2. The molecular weight excluding hydrogens is 499 g/mol. The first-order chi connectivity index (χ1) is 17.3. The first-order valence-electron chi connectivity index (χ1n) is 11.7. The van der Waals surface area contributed by atoms with Gasteiger partial charge in [0.1, 0.15) is 5.82 Å². The molecule has 0 N–H and O–H groups in total. The Kier molecular flexibility index (Phi) is 8.07. The van der Waals surface area contributed by atoms with Crippen LogP contribution in [-0.4, -0.2) is 41.7 Å². The fourth-order valence-corrected chi connectivity index (χ4v) is 6.24. The lowest BCUT2D eigenvalue weighted by atomic mass is 10.2. The summed E-state index contributed by atoms with van der Waals surface area (Å²) in [6.07, 6.45) is 4.98. The van der Waals surface area contributed by atoms with E-state index < -0.39 is 10.0 Å². The van der Waals surface area contributed by atoms with Crippen LogP contribution < -0.4 is 4.90 Å². The molecule has 0 spiro atoms. The fourth-order valence-electron chi connectivity index (χ4n) is 3.76. The number of amides is 1. The van der Waals surface area contributed by atoms with Crippen LogP contribution in [0.3, 0.4) is 0 Å². The zero-order valence-electron chi connectivity index (χ0n) is 20.1. The largest absolute Gasteiger partial charge is 0.279 e. The number of fused-ring (bicyclic) bond motifs is 1. The number of thiazole rings is 1. The quantitative estimate of drug-likeness (QED) is 0.273. The number of hydrogen-bond acceptors (Lipinski definition) is 6. The summed E-state index contributed by atoms with van der Waals surface area (Å²) in [6, 6.07) is 13.9. The fraction of sp³-hybridized carbons (Fsp3) is 0.269. The lowest BCUT2D eigenvalue weighted by Crippen LogP contribution is -2.32. The van der Waals surface area contributed by atoms with Crippen LogP contribution >= 0.6 is 11.3 Å². The van der Waals surface area contributed by atoms with Crippen LogP contribution in [0.25, 0.3) is 10.2 Å². The van der Waals surface area contributed by atoms with Gasteiger partial charge in [0.2, 0.25) is 10.0 Å². The number of halogens is 1. The van der Waals surface area contributed by atoms with Crippen LogP contribution in [0.15, 0.2) is 71.9 Å². The van der Waals surface area contributed by atoms with E-state index >= 15 is 0 Å². The molecular formula is C26H27FN4O3S2. The van der Waals surface area contributed by atoms with Crippen LogP contribution in [0.4, 0.5) is 9.52 Å². The Morgan fingerprint density at radius 2 is 1.86 bits per heavy atom. The van der Waals surface area contributed by atoms with E-state index in [0.29, 0.717) is 34.0 Å². The lowest BCUT2D eigenvalue weighted by molar-refractivity contribution is 0.0985. The van der Waals surface area contributed by atoms with Crippen molar-refractivity contribution in [1.82, 2.24) is 14.3 Å². The van der Waals surface area contributed by atoms with E-state index in [-0.39, 0.29) is 23.2 Å². The third-order valence-corrected chi connectivity index (χ3v) is 8.76. The van der Waals surface area contributed by atoms with E-state index in [4.69, 9.17) is 0 Å². The second-order valence-corrected chi connectivity index (χ2v) is 11.2. The molecule has 2 aromatic heterocycles. The number of pyridine rings is 1. The number of sulfonamides is 1. The van der Waals surface area contributed by atoms with Crippen molar-refractivity contribution in [2.45, 2.75) is 38.1 Å². The zero-order chi connectivity index (χ0) is 25.7. The highest BCUT2D eigenvalue weighted by Crippen LogP contribution is 2.31. The van der Waals surface area contributed by atoms with Crippen molar-refractivity contribution < 1.29 is 17.6 Å². The van der Waals surface area contributed by atoms with Crippen molar-refractivity contribution >= 4 is 42.6 Å². The molecule has 0 saturated heterocycles. The first kappa shape index (κ1) is 25.9. The van der Waals surface area contributed by atoms with Gasteiger partial charge in [-0.1, -0.05) is 37.7 Å². The molecule has 0 unspecified atom stereocenters. The predicted molar refractivity (Wildman–Crippen MR) is 140 cm³/mol. The van der Waals surface area contributed by atoms with E-state index in [1.165, 1.54) is 56.9 Å². The van der Waals surface area contributed by atoms with Gasteiger partial charge in [-0.25, -0.2) is 17.8 Å². The van der Waals surface area contributed by atoms with Crippen LogP contribution in [0.2, 0.25) is 0 Å². The number of unbranched alkanes of at least 4 members (excludes halogenated alkanes) is 1. The van der Waals surface area contributed by atoms with Crippen molar-refractivity contribution in [3.8, 4) is 0 Å². The number of carbonyl (C=O) groups is 1. The summed E-state index contributed by atoms with van der Waals surface area (Å²) in [6.45, 7) is 4.86. The Labute approximate surface area is 214 Å².